The van der Waals surface area contributed by atoms with Crippen LogP contribution in [0, 0.1) is 12.7 Å². The third kappa shape index (κ3) is 7.92. The number of halogens is 1. The van der Waals surface area contributed by atoms with Crippen LogP contribution < -0.4 is 21.1 Å². The molecule has 2 aromatic heterocycles. The summed E-state index contributed by atoms with van der Waals surface area (Å²) in [6, 6.07) is 13.7. The molecular formula is C36H49FN8O3S. The topological polar surface area (TPSA) is 122 Å². The van der Waals surface area contributed by atoms with Gasteiger partial charge in [0.1, 0.15) is 11.5 Å². The number of nitrogens with one attached hydrogen (secondary N) is 2. The van der Waals surface area contributed by atoms with Gasteiger partial charge in [0.05, 0.1) is 5.69 Å². The van der Waals surface area contributed by atoms with Crippen molar-refractivity contribution < 1.29 is 13.5 Å². The highest BCUT2D eigenvalue weighted by atomic mass is 32.3. The highest BCUT2D eigenvalue weighted by Crippen LogP contribution is 2.37. The average Bonchev–Trinajstić information content (AvgIpc) is 3.03. The molecule has 4 heterocycles. The molecule has 0 aliphatic carbocycles. The molecule has 2 aliphatic heterocycles. The summed E-state index contributed by atoms with van der Waals surface area (Å²) in [5.74, 6) is 0.339. The maximum Gasteiger partial charge on any atom is 0.260 e. The van der Waals surface area contributed by atoms with Gasteiger partial charge in [-0.05, 0) is 94.1 Å². The van der Waals surface area contributed by atoms with Crippen LogP contribution in [0.5, 0.6) is 0 Å². The number of piperidine rings is 1. The monoisotopic (exact) mass is 692 g/mol. The molecular weight excluding hydrogens is 644 g/mol. The normalized spacial score (nSPS) is 21.0. The number of hydrogen-bond acceptors (Lipinski definition) is 10. The molecule has 0 spiro atoms. The Morgan fingerprint density at radius 1 is 1.08 bits per heavy atom. The van der Waals surface area contributed by atoms with Crippen LogP contribution in [0.4, 0.5) is 21.7 Å². The lowest BCUT2D eigenvalue weighted by Gasteiger charge is -2.37. The number of benzene rings is 2. The van der Waals surface area contributed by atoms with Gasteiger partial charge in [-0.15, -0.1) is 10.8 Å². The number of anilines is 3. The van der Waals surface area contributed by atoms with Crippen LogP contribution in [0.1, 0.15) is 43.7 Å². The second kappa shape index (κ2) is 14.3. The van der Waals surface area contributed by atoms with Crippen molar-refractivity contribution in [1.82, 2.24) is 29.1 Å². The molecule has 2 aromatic carbocycles. The van der Waals surface area contributed by atoms with Gasteiger partial charge in [-0.1, -0.05) is 18.2 Å². The summed E-state index contributed by atoms with van der Waals surface area (Å²) in [4.78, 5) is 27.9. The smallest absolute Gasteiger partial charge is 0.260 e. The number of aromatic nitrogens is 3. The molecule has 0 radical (unpaired) electrons. The first kappa shape index (κ1) is 35.2. The molecule has 3 atom stereocenters. The van der Waals surface area contributed by atoms with Crippen LogP contribution in [0.3, 0.4) is 0 Å². The van der Waals surface area contributed by atoms with E-state index in [-0.39, 0.29) is 42.5 Å². The first-order valence-corrected chi connectivity index (χ1v) is 18.9. The molecule has 0 saturated carbocycles. The van der Waals surface area contributed by atoms with Gasteiger partial charge in [0.2, 0.25) is 5.95 Å². The van der Waals surface area contributed by atoms with Gasteiger partial charge in [-0.2, -0.15) is 4.98 Å². The fraction of sp³-hybridized carbons (Fsp3) is 0.472. The number of piperazine rings is 1. The molecule has 4 aromatic rings. The number of hydrogen-bond donors (Lipinski definition) is 4. The number of likely N-dealkylation sites (tertiary alicyclic amines) is 1. The van der Waals surface area contributed by atoms with E-state index in [2.05, 4.69) is 58.4 Å². The van der Waals surface area contributed by atoms with Crippen molar-refractivity contribution in [3.8, 4) is 11.1 Å². The Bertz CT molecular complexity index is 1870. The molecule has 6 rings (SSSR count). The quantitative estimate of drug-likeness (QED) is 0.169. The maximum atomic E-state index is 15.4. The Kier molecular flexibility index (Phi) is 10.3. The van der Waals surface area contributed by atoms with Gasteiger partial charge in [0.15, 0.2) is 0 Å². The van der Waals surface area contributed by atoms with Crippen molar-refractivity contribution in [3.63, 3.8) is 0 Å². The Balaban J connectivity index is 1.33. The lowest BCUT2D eigenvalue weighted by atomic mass is 9.88. The Labute approximate surface area is 289 Å². The van der Waals surface area contributed by atoms with E-state index in [1.807, 2.05) is 19.1 Å². The van der Waals surface area contributed by atoms with Gasteiger partial charge >= 0.3 is 0 Å². The molecule has 1 unspecified atom stereocenters. The summed E-state index contributed by atoms with van der Waals surface area (Å²) in [7, 11) is 0.798. The van der Waals surface area contributed by atoms with Crippen LogP contribution in [-0.2, 0) is 6.54 Å². The van der Waals surface area contributed by atoms with E-state index >= 15 is 4.39 Å². The Morgan fingerprint density at radius 3 is 2.51 bits per heavy atom. The summed E-state index contributed by atoms with van der Waals surface area (Å²) < 4.78 is 38.8. The minimum Gasteiger partial charge on any atom is -0.366 e. The van der Waals surface area contributed by atoms with Crippen molar-refractivity contribution in [2.24, 2.45) is 0 Å². The first-order valence-electron chi connectivity index (χ1n) is 17.0. The molecule has 2 aliphatic rings. The zero-order valence-corrected chi connectivity index (χ0v) is 30.1. The second-order valence-electron chi connectivity index (χ2n) is 14.0. The van der Waals surface area contributed by atoms with Crippen LogP contribution in [0.25, 0.3) is 22.2 Å². The number of fused-ring (bicyclic) bond motifs is 1. The number of rotatable bonds is 9. The molecule has 2 fully saturated rings. The third-order valence-corrected chi connectivity index (χ3v) is 11.2. The van der Waals surface area contributed by atoms with Gasteiger partial charge < -0.3 is 20.4 Å². The molecule has 2 saturated heterocycles. The van der Waals surface area contributed by atoms with E-state index < -0.39 is 10.8 Å². The fourth-order valence-electron chi connectivity index (χ4n) is 7.21. The van der Waals surface area contributed by atoms with Crippen LogP contribution in [0.2, 0.25) is 0 Å². The molecule has 0 amide bonds. The highest BCUT2D eigenvalue weighted by molar-refractivity contribution is 8.21. The number of aryl methyl sites for hydroxylation is 1. The molecule has 0 bridgehead atoms. The van der Waals surface area contributed by atoms with E-state index in [0.29, 0.717) is 47.0 Å². The summed E-state index contributed by atoms with van der Waals surface area (Å²) in [6.45, 7) is 10.2. The van der Waals surface area contributed by atoms with Gasteiger partial charge in [0.25, 0.3) is 5.56 Å². The van der Waals surface area contributed by atoms with Crippen LogP contribution in [-0.4, -0.2) is 98.0 Å². The van der Waals surface area contributed by atoms with E-state index in [0.717, 1.165) is 30.6 Å². The number of nitrogens with zero attached hydrogens (tertiary/aromatic N) is 6. The van der Waals surface area contributed by atoms with Crippen molar-refractivity contribution in [1.29, 1.82) is 0 Å². The highest BCUT2D eigenvalue weighted by Gasteiger charge is 2.24. The van der Waals surface area contributed by atoms with E-state index in [9.17, 15) is 13.9 Å². The Morgan fingerprint density at radius 2 is 1.84 bits per heavy atom. The second-order valence-corrected chi connectivity index (χ2v) is 16.2. The Hall–Kier alpha value is -3.59. The third-order valence-electron chi connectivity index (χ3n) is 9.79. The predicted molar refractivity (Wildman–Crippen MR) is 199 cm³/mol. The van der Waals surface area contributed by atoms with E-state index in [1.54, 1.807) is 29.9 Å². The largest absolute Gasteiger partial charge is 0.366 e. The van der Waals surface area contributed by atoms with Crippen LogP contribution >= 0.6 is 10.8 Å². The molecule has 4 N–H and O–H groups in total. The lowest BCUT2D eigenvalue weighted by Crippen LogP contribution is -2.54. The molecule has 264 valence electrons. The minimum absolute atomic E-state index is 0.163. The maximum absolute atomic E-state index is 15.4. The van der Waals surface area contributed by atoms with E-state index in [4.69, 9.17) is 4.98 Å². The van der Waals surface area contributed by atoms with Crippen LogP contribution in [0.15, 0.2) is 53.5 Å². The summed E-state index contributed by atoms with van der Waals surface area (Å²) in [5, 5.41) is 7.25. The molecule has 49 heavy (non-hydrogen) atoms. The minimum atomic E-state index is -2.97. The number of likely N-dealkylation sites (N-methyl/N-ethyl adjacent to an activating group) is 2. The van der Waals surface area contributed by atoms with Crippen molar-refractivity contribution in [3.05, 3.63) is 76.0 Å². The van der Waals surface area contributed by atoms with Crippen molar-refractivity contribution in [2.45, 2.75) is 58.2 Å². The first-order chi connectivity index (χ1) is 23.3. The van der Waals surface area contributed by atoms with Gasteiger partial charge in [0, 0.05) is 80.9 Å². The zero-order chi connectivity index (χ0) is 35.0. The standard InChI is InChI=1S/C36H49FN8O3S/c1-23-16-26(27-8-7-13-42(4)22-27)9-11-30(23)31-17-28-19-38-36(41-34(28)45(35(31)46)15-14-43(5)49(6,47)48)40-29-10-12-33(32(37)18-29)44-20-24(2)39-25(3)21-44/h9-12,16-19,24-25,27,39,47-48H,7-8,13-15,20-22H2,1-6H3,(H,38,40,41)/t24-,25+,27?. The SMILES string of the molecule is Cc1cc(C2CCCN(C)C2)ccc1-c1cc2cnc(Nc3ccc(N4C[C@@H](C)N[C@@H](C)C4)c(F)c3)nc2n(CCN(C)S(C)(O)O)c1=O. The van der Waals surface area contributed by atoms with Gasteiger partial charge in [-0.3, -0.25) is 18.5 Å². The summed E-state index contributed by atoms with van der Waals surface area (Å²) >= 11 is 0. The molecule has 11 nitrogen and oxygen atoms in total. The summed E-state index contributed by atoms with van der Waals surface area (Å²) in [6.07, 6.45) is 5.34. The van der Waals surface area contributed by atoms with Gasteiger partial charge in [-0.25, -0.2) is 13.7 Å². The van der Waals surface area contributed by atoms with Crippen molar-refractivity contribution in [2.75, 3.05) is 63.3 Å². The average molecular weight is 693 g/mol. The molecule has 13 heteroatoms. The summed E-state index contributed by atoms with van der Waals surface area (Å²) in [5.41, 5.74) is 4.87. The zero-order valence-electron chi connectivity index (χ0n) is 29.3. The predicted octanol–water partition coefficient (Wildman–Crippen LogP) is 5.87. The van der Waals surface area contributed by atoms with E-state index in [1.165, 1.54) is 28.6 Å². The van der Waals surface area contributed by atoms with Crippen molar-refractivity contribution >= 4 is 39.1 Å². The number of pyridine rings is 1. The fourth-order valence-corrected chi connectivity index (χ4v) is 7.64. The lowest BCUT2D eigenvalue weighted by molar-refractivity contribution is 0.251.